The fraction of sp³-hybridized carbons (Fsp3) is 0.294. The van der Waals surface area contributed by atoms with Gasteiger partial charge in [-0.3, -0.25) is 0 Å². The highest BCUT2D eigenvalue weighted by Gasteiger charge is 2.10. The second-order valence-electron chi connectivity index (χ2n) is 4.50. The highest BCUT2D eigenvalue weighted by Crippen LogP contribution is 2.31. The van der Waals surface area contributed by atoms with Gasteiger partial charge in [0.1, 0.15) is 0 Å². The monoisotopic (exact) mass is 239 g/mol. The Morgan fingerprint density at radius 3 is 1.50 bits per heavy atom. The maximum absolute atomic E-state index is 2.41. The Hall–Kier alpha value is -1.76. The van der Waals surface area contributed by atoms with Crippen molar-refractivity contribution in [3.05, 3.63) is 48.5 Å². The van der Waals surface area contributed by atoms with E-state index in [0.717, 1.165) is 0 Å². The molecule has 1 aromatic heterocycles. The maximum Gasteiger partial charge on any atom is 0.0493 e. The van der Waals surface area contributed by atoms with Gasteiger partial charge in [0.05, 0.1) is 0 Å². The second-order valence-corrected chi connectivity index (χ2v) is 4.50. The van der Waals surface area contributed by atoms with Crippen molar-refractivity contribution in [2.45, 2.75) is 33.7 Å². The zero-order valence-corrected chi connectivity index (χ0v) is 11.6. The van der Waals surface area contributed by atoms with Crippen LogP contribution in [0.4, 0.5) is 0 Å². The SMILES string of the molecule is CC.CC(C)n1c2ccccc2c2ccccc21. The Morgan fingerprint density at radius 2 is 1.11 bits per heavy atom. The lowest BCUT2D eigenvalue weighted by atomic mass is 10.2. The van der Waals surface area contributed by atoms with Gasteiger partial charge in [-0.05, 0) is 26.0 Å². The lowest BCUT2D eigenvalue weighted by Crippen LogP contribution is -1.99. The minimum absolute atomic E-state index is 0.491. The normalized spacial score (nSPS) is 10.7. The van der Waals surface area contributed by atoms with Gasteiger partial charge in [0, 0.05) is 27.8 Å². The molecule has 3 rings (SSSR count). The van der Waals surface area contributed by atoms with Gasteiger partial charge in [0.15, 0.2) is 0 Å². The summed E-state index contributed by atoms with van der Waals surface area (Å²) >= 11 is 0. The predicted octanol–water partition coefficient (Wildman–Crippen LogP) is 5.40. The van der Waals surface area contributed by atoms with Gasteiger partial charge in [-0.2, -0.15) is 0 Å². The smallest absolute Gasteiger partial charge is 0.0493 e. The third-order valence-corrected chi connectivity index (χ3v) is 3.13. The average Bonchev–Trinajstić information content (AvgIpc) is 2.75. The van der Waals surface area contributed by atoms with Crippen LogP contribution in [0.2, 0.25) is 0 Å². The predicted molar refractivity (Wildman–Crippen MR) is 81.2 cm³/mol. The second kappa shape index (κ2) is 5.26. The molecule has 0 saturated heterocycles. The Balaban J connectivity index is 0.000000574. The fourth-order valence-electron chi connectivity index (χ4n) is 2.51. The topological polar surface area (TPSA) is 4.93 Å². The third-order valence-electron chi connectivity index (χ3n) is 3.13. The van der Waals surface area contributed by atoms with Crippen LogP contribution in [0.5, 0.6) is 0 Å². The Kier molecular flexibility index (Phi) is 3.71. The van der Waals surface area contributed by atoms with E-state index in [2.05, 4.69) is 66.9 Å². The van der Waals surface area contributed by atoms with E-state index in [-0.39, 0.29) is 0 Å². The van der Waals surface area contributed by atoms with Gasteiger partial charge < -0.3 is 4.57 Å². The van der Waals surface area contributed by atoms with Crippen molar-refractivity contribution in [2.24, 2.45) is 0 Å². The molecule has 0 saturated carbocycles. The number of para-hydroxylation sites is 2. The van der Waals surface area contributed by atoms with Crippen LogP contribution in [0.3, 0.4) is 0 Å². The number of hydrogen-bond donors (Lipinski definition) is 0. The molecular formula is C17H21N. The molecule has 18 heavy (non-hydrogen) atoms. The lowest BCUT2D eigenvalue weighted by molar-refractivity contribution is 0.642. The van der Waals surface area contributed by atoms with Crippen molar-refractivity contribution in [2.75, 3.05) is 0 Å². The number of nitrogens with zero attached hydrogens (tertiary/aromatic N) is 1. The number of rotatable bonds is 1. The van der Waals surface area contributed by atoms with E-state index in [9.17, 15) is 0 Å². The van der Waals surface area contributed by atoms with Crippen molar-refractivity contribution in [3.8, 4) is 0 Å². The summed E-state index contributed by atoms with van der Waals surface area (Å²) in [5.74, 6) is 0. The molecule has 0 spiro atoms. The zero-order valence-electron chi connectivity index (χ0n) is 11.6. The molecule has 0 fully saturated rings. The van der Waals surface area contributed by atoms with Gasteiger partial charge in [0.2, 0.25) is 0 Å². The van der Waals surface area contributed by atoms with Crippen LogP contribution < -0.4 is 0 Å². The van der Waals surface area contributed by atoms with Crippen molar-refractivity contribution >= 4 is 21.8 Å². The van der Waals surface area contributed by atoms with E-state index >= 15 is 0 Å². The summed E-state index contributed by atoms with van der Waals surface area (Å²) in [5.41, 5.74) is 2.66. The first-order valence-corrected chi connectivity index (χ1v) is 6.76. The Morgan fingerprint density at radius 1 is 0.722 bits per heavy atom. The van der Waals surface area contributed by atoms with Gasteiger partial charge in [-0.25, -0.2) is 0 Å². The average molecular weight is 239 g/mol. The molecule has 0 aliphatic carbocycles. The molecule has 0 aliphatic heterocycles. The number of hydrogen-bond acceptors (Lipinski definition) is 0. The van der Waals surface area contributed by atoms with E-state index in [1.165, 1.54) is 21.8 Å². The molecular weight excluding hydrogens is 218 g/mol. The number of aromatic nitrogens is 1. The van der Waals surface area contributed by atoms with Crippen LogP contribution in [0.15, 0.2) is 48.5 Å². The molecule has 94 valence electrons. The van der Waals surface area contributed by atoms with Crippen molar-refractivity contribution in [3.63, 3.8) is 0 Å². The van der Waals surface area contributed by atoms with Crippen LogP contribution in [0.25, 0.3) is 21.8 Å². The van der Waals surface area contributed by atoms with Gasteiger partial charge >= 0.3 is 0 Å². The summed E-state index contributed by atoms with van der Waals surface area (Å²) in [6.45, 7) is 8.47. The molecule has 2 aromatic carbocycles. The molecule has 0 atom stereocenters. The summed E-state index contributed by atoms with van der Waals surface area (Å²) in [4.78, 5) is 0. The van der Waals surface area contributed by atoms with Gasteiger partial charge in [0.25, 0.3) is 0 Å². The minimum Gasteiger partial charge on any atom is -0.338 e. The fourth-order valence-corrected chi connectivity index (χ4v) is 2.51. The Labute approximate surface area is 109 Å². The van der Waals surface area contributed by atoms with E-state index < -0.39 is 0 Å². The maximum atomic E-state index is 2.41. The third kappa shape index (κ3) is 1.90. The molecule has 0 amide bonds. The molecule has 1 heteroatoms. The van der Waals surface area contributed by atoms with E-state index in [1.807, 2.05) is 13.8 Å². The zero-order chi connectivity index (χ0) is 13.1. The molecule has 0 bridgehead atoms. The quantitative estimate of drug-likeness (QED) is 0.535. The highest BCUT2D eigenvalue weighted by atomic mass is 15.0. The number of fused-ring (bicyclic) bond motifs is 3. The van der Waals surface area contributed by atoms with Crippen molar-refractivity contribution in [1.29, 1.82) is 0 Å². The summed E-state index contributed by atoms with van der Waals surface area (Å²) in [7, 11) is 0. The van der Waals surface area contributed by atoms with E-state index in [1.54, 1.807) is 0 Å². The molecule has 0 N–H and O–H groups in total. The van der Waals surface area contributed by atoms with E-state index in [4.69, 9.17) is 0 Å². The van der Waals surface area contributed by atoms with E-state index in [0.29, 0.717) is 6.04 Å². The number of benzene rings is 2. The van der Waals surface area contributed by atoms with Crippen LogP contribution in [-0.2, 0) is 0 Å². The summed E-state index contributed by atoms with van der Waals surface area (Å²) in [5, 5.41) is 2.71. The first-order chi connectivity index (χ1) is 8.79. The molecule has 0 unspecified atom stereocenters. The standard InChI is InChI=1S/C15H15N.C2H6/c1-11(2)16-14-9-5-3-7-12(14)13-8-4-6-10-15(13)16;1-2/h3-11H,1-2H3;1-2H3. The van der Waals surface area contributed by atoms with Crippen LogP contribution in [0.1, 0.15) is 33.7 Å². The molecule has 3 aromatic rings. The van der Waals surface area contributed by atoms with Crippen molar-refractivity contribution in [1.82, 2.24) is 4.57 Å². The molecule has 1 heterocycles. The van der Waals surface area contributed by atoms with Crippen LogP contribution in [0, 0.1) is 0 Å². The molecule has 0 radical (unpaired) electrons. The minimum atomic E-state index is 0.491. The van der Waals surface area contributed by atoms with Crippen LogP contribution >= 0.6 is 0 Å². The summed E-state index contributed by atoms with van der Waals surface area (Å²) in [6, 6.07) is 17.8. The van der Waals surface area contributed by atoms with Gasteiger partial charge in [-0.1, -0.05) is 50.2 Å². The van der Waals surface area contributed by atoms with Crippen molar-refractivity contribution < 1.29 is 0 Å². The lowest BCUT2D eigenvalue weighted by Gasteiger charge is -2.10. The first kappa shape index (κ1) is 12.7. The highest BCUT2D eigenvalue weighted by molar-refractivity contribution is 6.08. The Bertz CT molecular complexity index is 594. The summed E-state index contributed by atoms with van der Waals surface area (Å²) in [6.07, 6.45) is 0. The molecule has 1 nitrogen and oxygen atoms in total. The summed E-state index contributed by atoms with van der Waals surface area (Å²) < 4.78 is 2.41. The molecule has 0 aliphatic rings. The van der Waals surface area contributed by atoms with Crippen LogP contribution in [-0.4, -0.2) is 4.57 Å². The van der Waals surface area contributed by atoms with Gasteiger partial charge in [-0.15, -0.1) is 0 Å². The first-order valence-electron chi connectivity index (χ1n) is 6.76. The largest absolute Gasteiger partial charge is 0.338 e.